The Hall–Kier alpha value is -2.87. The van der Waals surface area contributed by atoms with E-state index in [1.165, 1.54) is 12.1 Å². The maximum atomic E-state index is 10.8. The van der Waals surface area contributed by atoms with Gasteiger partial charge in [0.2, 0.25) is 0 Å². The first-order valence-electron chi connectivity index (χ1n) is 8.57. The molecule has 27 heavy (non-hydrogen) atoms. The number of nitro groups is 1. The van der Waals surface area contributed by atoms with Crippen LogP contribution >= 0.6 is 12.2 Å². The third-order valence-corrected chi connectivity index (χ3v) is 4.98. The van der Waals surface area contributed by atoms with Crippen LogP contribution in [0.2, 0.25) is 0 Å². The standard InChI is InChI=1S/C19H21N3O4S/c1-25-15-9-10-16(18(12-15)26-2)17-4-3-11-21(17)19(27)20-13-5-7-14(8-6-13)22(23)24/h5-10,12,17H,3-4,11H2,1-2H3,(H,20,27)/t17-/m1/s1. The van der Waals surface area contributed by atoms with Crippen molar-refractivity contribution in [2.75, 3.05) is 26.1 Å². The highest BCUT2D eigenvalue weighted by atomic mass is 32.1. The molecule has 0 aliphatic carbocycles. The van der Waals surface area contributed by atoms with Crippen LogP contribution in [0.5, 0.6) is 11.5 Å². The van der Waals surface area contributed by atoms with Gasteiger partial charge in [0, 0.05) is 36.0 Å². The van der Waals surface area contributed by atoms with Crippen LogP contribution < -0.4 is 14.8 Å². The summed E-state index contributed by atoms with van der Waals surface area (Å²) in [5.74, 6) is 1.51. The number of likely N-dealkylation sites (tertiary alicyclic amines) is 1. The summed E-state index contributed by atoms with van der Waals surface area (Å²) in [7, 11) is 3.27. The van der Waals surface area contributed by atoms with E-state index in [-0.39, 0.29) is 11.7 Å². The van der Waals surface area contributed by atoms with Crippen LogP contribution in [0.25, 0.3) is 0 Å². The lowest BCUT2D eigenvalue weighted by atomic mass is 10.0. The average Bonchev–Trinajstić information content (AvgIpc) is 3.17. The maximum Gasteiger partial charge on any atom is 0.269 e. The Morgan fingerprint density at radius 1 is 1.22 bits per heavy atom. The molecule has 2 aromatic carbocycles. The molecule has 0 spiro atoms. The topological polar surface area (TPSA) is 76.9 Å². The summed E-state index contributed by atoms with van der Waals surface area (Å²) in [5, 5.41) is 14.5. The lowest BCUT2D eigenvalue weighted by Crippen LogP contribution is -2.34. The Morgan fingerprint density at radius 3 is 2.59 bits per heavy atom. The number of nitro benzene ring substituents is 1. The van der Waals surface area contributed by atoms with E-state index in [9.17, 15) is 10.1 Å². The maximum absolute atomic E-state index is 10.8. The number of nitrogens with zero attached hydrogens (tertiary/aromatic N) is 2. The molecule has 1 atom stereocenters. The summed E-state index contributed by atoms with van der Waals surface area (Å²) >= 11 is 5.60. The third-order valence-electron chi connectivity index (χ3n) is 4.64. The molecule has 0 amide bonds. The van der Waals surface area contributed by atoms with Crippen molar-refractivity contribution in [3.63, 3.8) is 0 Å². The smallest absolute Gasteiger partial charge is 0.269 e. The number of thiocarbonyl (C=S) groups is 1. The second-order valence-electron chi connectivity index (χ2n) is 6.19. The quantitative estimate of drug-likeness (QED) is 0.469. The number of methoxy groups -OCH3 is 2. The first kappa shape index (κ1) is 18.9. The highest BCUT2D eigenvalue weighted by molar-refractivity contribution is 7.80. The first-order valence-corrected chi connectivity index (χ1v) is 8.98. The van der Waals surface area contributed by atoms with Crippen LogP contribution in [0.4, 0.5) is 11.4 Å². The lowest BCUT2D eigenvalue weighted by Gasteiger charge is -2.29. The molecular formula is C19H21N3O4S. The summed E-state index contributed by atoms with van der Waals surface area (Å²) in [5.41, 5.74) is 1.83. The van der Waals surface area contributed by atoms with Gasteiger partial charge in [-0.25, -0.2) is 0 Å². The number of rotatable bonds is 5. The van der Waals surface area contributed by atoms with Gasteiger partial charge in [0.25, 0.3) is 5.69 Å². The van der Waals surface area contributed by atoms with Crippen LogP contribution in [-0.2, 0) is 0 Å². The van der Waals surface area contributed by atoms with E-state index in [0.717, 1.165) is 42.1 Å². The number of hydrogen-bond donors (Lipinski definition) is 1. The highest BCUT2D eigenvalue weighted by Gasteiger charge is 2.30. The number of nitrogens with one attached hydrogen (secondary N) is 1. The zero-order chi connectivity index (χ0) is 19.4. The Balaban J connectivity index is 1.77. The van der Waals surface area contributed by atoms with Gasteiger partial charge in [0.1, 0.15) is 11.5 Å². The SMILES string of the molecule is COc1ccc([C@H]2CCCN2C(=S)Nc2ccc([N+](=O)[O-])cc2)c(OC)c1. The molecule has 1 heterocycles. The van der Waals surface area contributed by atoms with Gasteiger partial charge in [0.15, 0.2) is 5.11 Å². The van der Waals surface area contributed by atoms with Crippen molar-refractivity contribution in [1.29, 1.82) is 0 Å². The molecule has 1 saturated heterocycles. The van der Waals surface area contributed by atoms with Gasteiger partial charge < -0.3 is 19.7 Å². The van der Waals surface area contributed by atoms with Gasteiger partial charge in [-0.2, -0.15) is 0 Å². The van der Waals surface area contributed by atoms with Crippen LogP contribution in [0.1, 0.15) is 24.4 Å². The molecule has 142 valence electrons. The molecule has 0 radical (unpaired) electrons. The first-order chi connectivity index (χ1) is 13.0. The fourth-order valence-electron chi connectivity index (χ4n) is 3.29. The molecular weight excluding hydrogens is 366 g/mol. The number of anilines is 1. The van der Waals surface area contributed by atoms with Crippen LogP contribution in [0.15, 0.2) is 42.5 Å². The largest absolute Gasteiger partial charge is 0.497 e. The number of non-ortho nitro benzene ring substituents is 1. The average molecular weight is 387 g/mol. The minimum absolute atomic E-state index is 0.0495. The minimum Gasteiger partial charge on any atom is -0.497 e. The fraction of sp³-hybridized carbons (Fsp3) is 0.316. The molecule has 1 aliphatic rings. The second-order valence-corrected chi connectivity index (χ2v) is 6.58. The van der Waals surface area contributed by atoms with Crippen LogP contribution in [0, 0.1) is 10.1 Å². The third kappa shape index (κ3) is 4.11. The van der Waals surface area contributed by atoms with Gasteiger partial charge >= 0.3 is 0 Å². The van der Waals surface area contributed by atoms with E-state index in [4.69, 9.17) is 21.7 Å². The summed E-state index contributed by atoms with van der Waals surface area (Å²) in [6, 6.07) is 12.1. The molecule has 1 aliphatic heterocycles. The molecule has 0 unspecified atom stereocenters. The van der Waals surface area contributed by atoms with Crippen molar-refractivity contribution in [1.82, 2.24) is 4.90 Å². The summed E-state index contributed by atoms with van der Waals surface area (Å²) in [6.45, 7) is 0.832. The molecule has 3 rings (SSSR count). The Labute approximate surface area is 163 Å². The van der Waals surface area contributed by atoms with Crippen LogP contribution in [-0.4, -0.2) is 35.7 Å². The number of hydrogen-bond acceptors (Lipinski definition) is 5. The summed E-state index contributed by atoms with van der Waals surface area (Å²) in [4.78, 5) is 12.5. The molecule has 0 bridgehead atoms. The van der Waals surface area contributed by atoms with Crippen molar-refractivity contribution >= 4 is 28.7 Å². The van der Waals surface area contributed by atoms with Crippen molar-refractivity contribution < 1.29 is 14.4 Å². The predicted octanol–water partition coefficient (Wildman–Crippen LogP) is 4.15. The molecule has 7 nitrogen and oxygen atoms in total. The van der Waals surface area contributed by atoms with E-state index >= 15 is 0 Å². The van der Waals surface area contributed by atoms with Gasteiger partial charge in [-0.15, -0.1) is 0 Å². The van der Waals surface area contributed by atoms with Crippen molar-refractivity contribution in [2.24, 2.45) is 0 Å². The van der Waals surface area contributed by atoms with Crippen molar-refractivity contribution in [3.05, 3.63) is 58.1 Å². The zero-order valence-corrected chi connectivity index (χ0v) is 16.0. The molecule has 0 aromatic heterocycles. The van der Waals surface area contributed by atoms with E-state index in [2.05, 4.69) is 10.2 Å². The van der Waals surface area contributed by atoms with Crippen molar-refractivity contribution in [2.45, 2.75) is 18.9 Å². The zero-order valence-electron chi connectivity index (χ0n) is 15.2. The fourth-order valence-corrected chi connectivity index (χ4v) is 3.62. The monoisotopic (exact) mass is 387 g/mol. The Kier molecular flexibility index (Phi) is 5.75. The minimum atomic E-state index is -0.422. The Bertz CT molecular complexity index is 841. The number of ether oxygens (including phenoxy) is 2. The van der Waals surface area contributed by atoms with Gasteiger partial charge in [-0.05, 0) is 49.3 Å². The predicted molar refractivity (Wildman–Crippen MR) is 108 cm³/mol. The van der Waals surface area contributed by atoms with Gasteiger partial charge in [-0.3, -0.25) is 10.1 Å². The highest BCUT2D eigenvalue weighted by Crippen LogP contribution is 2.39. The van der Waals surface area contributed by atoms with Crippen molar-refractivity contribution in [3.8, 4) is 11.5 Å². The molecule has 1 N–H and O–H groups in total. The van der Waals surface area contributed by atoms with Gasteiger partial charge in [0.05, 0.1) is 25.2 Å². The van der Waals surface area contributed by atoms with E-state index in [1.807, 2.05) is 18.2 Å². The summed E-state index contributed by atoms with van der Waals surface area (Å²) < 4.78 is 10.8. The van der Waals surface area contributed by atoms with E-state index in [1.54, 1.807) is 26.4 Å². The van der Waals surface area contributed by atoms with E-state index < -0.39 is 4.92 Å². The van der Waals surface area contributed by atoms with E-state index in [0.29, 0.717) is 5.11 Å². The molecule has 2 aromatic rings. The molecule has 0 saturated carbocycles. The molecule has 8 heteroatoms. The normalized spacial score (nSPS) is 16.1. The lowest BCUT2D eigenvalue weighted by molar-refractivity contribution is -0.384. The van der Waals surface area contributed by atoms with Gasteiger partial charge in [-0.1, -0.05) is 0 Å². The summed E-state index contributed by atoms with van der Waals surface area (Å²) in [6.07, 6.45) is 1.98. The second kappa shape index (κ2) is 8.22. The number of benzene rings is 2. The van der Waals surface area contributed by atoms with Crippen LogP contribution in [0.3, 0.4) is 0 Å². The Morgan fingerprint density at radius 2 is 1.96 bits per heavy atom. The molecule has 1 fully saturated rings.